The fraction of sp³-hybridized carbons (Fsp3) is 0.500. The van der Waals surface area contributed by atoms with Crippen molar-refractivity contribution in [1.29, 1.82) is 0 Å². The normalized spacial score (nSPS) is 12.0. The van der Waals surface area contributed by atoms with E-state index < -0.39 is 10.0 Å². The van der Waals surface area contributed by atoms with Gasteiger partial charge in [0.25, 0.3) is 0 Å². The summed E-state index contributed by atoms with van der Waals surface area (Å²) in [6, 6.07) is 7.65. The quantitative estimate of drug-likeness (QED) is 0.831. The van der Waals surface area contributed by atoms with Crippen LogP contribution < -0.4 is 5.32 Å². The van der Waals surface area contributed by atoms with Crippen molar-refractivity contribution in [2.75, 3.05) is 20.6 Å². The van der Waals surface area contributed by atoms with E-state index in [4.69, 9.17) is 0 Å². The molecule has 0 aliphatic heterocycles. The van der Waals surface area contributed by atoms with Gasteiger partial charge in [0.2, 0.25) is 10.0 Å². The second-order valence-electron chi connectivity index (χ2n) is 4.02. The van der Waals surface area contributed by atoms with Gasteiger partial charge in [0.05, 0.1) is 5.75 Å². The molecule has 0 heterocycles. The lowest BCUT2D eigenvalue weighted by atomic mass is 10.1. The van der Waals surface area contributed by atoms with E-state index in [9.17, 15) is 8.42 Å². The van der Waals surface area contributed by atoms with Crippen LogP contribution in [0.15, 0.2) is 24.3 Å². The zero-order chi connectivity index (χ0) is 12.9. The summed E-state index contributed by atoms with van der Waals surface area (Å²) < 4.78 is 25.2. The van der Waals surface area contributed by atoms with Crippen LogP contribution >= 0.6 is 0 Å². The van der Waals surface area contributed by atoms with Crippen molar-refractivity contribution < 1.29 is 8.42 Å². The first-order valence-electron chi connectivity index (χ1n) is 5.66. The average Bonchev–Trinajstić information content (AvgIpc) is 2.28. The lowest BCUT2D eigenvalue weighted by Gasteiger charge is -2.15. The fourth-order valence-electron chi connectivity index (χ4n) is 1.55. The Balaban J connectivity index is 2.84. The number of benzene rings is 1. The highest BCUT2D eigenvalue weighted by atomic mass is 32.2. The summed E-state index contributed by atoms with van der Waals surface area (Å²) in [5.41, 5.74) is 1.93. The van der Waals surface area contributed by atoms with Gasteiger partial charge in [-0.05, 0) is 18.2 Å². The first kappa shape index (κ1) is 14.2. The summed E-state index contributed by atoms with van der Waals surface area (Å²) in [4.78, 5) is 0. The van der Waals surface area contributed by atoms with Crippen molar-refractivity contribution in [1.82, 2.24) is 9.62 Å². The molecule has 0 fully saturated rings. The fourth-order valence-corrected chi connectivity index (χ4v) is 2.77. The maximum Gasteiger partial charge on any atom is 0.218 e. The molecule has 0 aliphatic rings. The Hall–Kier alpha value is -0.910. The molecule has 1 N–H and O–H groups in total. The maximum atomic E-state index is 11.9. The molecule has 1 aromatic rings. The molecule has 0 saturated heterocycles. The van der Waals surface area contributed by atoms with E-state index in [2.05, 4.69) is 5.32 Å². The molecule has 0 unspecified atom stereocenters. The molecular formula is C12H20N2O2S. The molecule has 0 aromatic heterocycles. The highest BCUT2D eigenvalue weighted by molar-refractivity contribution is 7.88. The molecule has 5 heteroatoms. The largest absolute Gasteiger partial charge is 0.316 e. The number of rotatable bonds is 6. The molecule has 1 rings (SSSR count). The van der Waals surface area contributed by atoms with Crippen LogP contribution in [0.2, 0.25) is 0 Å². The van der Waals surface area contributed by atoms with Crippen LogP contribution in [0.3, 0.4) is 0 Å². The van der Waals surface area contributed by atoms with Crippen LogP contribution in [0.4, 0.5) is 0 Å². The summed E-state index contributed by atoms with van der Waals surface area (Å²) >= 11 is 0. The zero-order valence-corrected chi connectivity index (χ0v) is 11.4. The predicted molar refractivity (Wildman–Crippen MR) is 70.1 cm³/mol. The Bertz CT molecular complexity index is 457. The van der Waals surface area contributed by atoms with E-state index in [-0.39, 0.29) is 5.75 Å². The van der Waals surface area contributed by atoms with E-state index in [0.29, 0.717) is 6.54 Å². The Kier molecular flexibility index (Phi) is 5.11. The van der Waals surface area contributed by atoms with Crippen molar-refractivity contribution in [3.05, 3.63) is 35.4 Å². The SMILES string of the molecule is CCN(C)S(=O)(=O)Cc1cccc(CNC)c1. The van der Waals surface area contributed by atoms with Crippen molar-refractivity contribution in [2.24, 2.45) is 0 Å². The Morgan fingerprint density at radius 3 is 2.53 bits per heavy atom. The predicted octanol–water partition coefficient (Wildman–Crippen LogP) is 1.19. The Morgan fingerprint density at radius 1 is 1.29 bits per heavy atom. The molecule has 0 saturated carbocycles. The Morgan fingerprint density at radius 2 is 1.94 bits per heavy atom. The molecule has 4 nitrogen and oxygen atoms in total. The van der Waals surface area contributed by atoms with Crippen molar-refractivity contribution >= 4 is 10.0 Å². The molecular weight excluding hydrogens is 236 g/mol. The standard InChI is InChI=1S/C12H20N2O2S/c1-4-14(3)17(15,16)10-12-7-5-6-11(8-12)9-13-2/h5-8,13H,4,9-10H2,1-3H3. The van der Waals surface area contributed by atoms with Crippen molar-refractivity contribution in [3.63, 3.8) is 0 Å². The van der Waals surface area contributed by atoms with Crippen LogP contribution in [-0.2, 0) is 22.3 Å². The molecule has 17 heavy (non-hydrogen) atoms. The minimum atomic E-state index is -3.18. The van der Waals surface area contributed by atoms with Gasteiger partial charge in [0.15, 0.2) is 0 Å². The second kappa shape index (κ2) is 6.14. The number of hydrogen-bond acceptors (Lipinski definition) is 3. The van der Waals surface area contributed by atoms with E-state index in [1.807, 2.05) is 38.2 Å². The molecule has 96 valence electrons. The minimum Gasteiger partial charge on any atom is -0.316 e. The second-order valence-corrected chi connectivity index (χ2v) is 6.10. The summed E-state index contributed by atoms with van der Waals surface area (Å²) in [6.07, 6.45) is 0. The van der Waals surface area contributed by atoms with Gasteiger partial charge < -0.3 is 5.32 Å². The number of sulfonamides is 1. The van der Waals surface area contributed by atoms with Gasteiger partial charge in [0.1, 0.15) is 0 Å². The number of nitrogens with one attached hydrogen (secondary N) is 1. The minimum absolute atomic E-state index is 0.0644. The lowest BCUT2D eigenvalue weighted by Crippen LogP contribution is -2.27. The van der Waals surface area contributed by atoms with Gasteiger partial charge >= 0.3 is 0 Å². The maximum absolute atomic E-state index is 11.9. The van der Waals surface area contributed by atoms with Crippen LogP contribution in [-0.4, -0.2) is 33.4 Å². The van der Waals surface area contributed by atoms with Crippen LogP contribution in [0.1, 0.15) is 18.1 Å². The molecule has 0 atom stereocenters. The van der Waals surface area contributed by atoms with Gasteiger partial charge in [0, 0.05) is 20.1 Å². The van der Waals surface area contributed by atoms with E-state index >= 15 is 0 Å². The van der Waals surface area contributed by atoms with Gasteiger partial charge in [-0.3, -0.25) is 0 Å². The third kappa shape index (κ3) is 4.11. The molecule has 0 aliphatic carbocycles. The molecule has 0 amide bonds. The Labute approximate surface area is 104 Å². The van der Waals surface area contributed by atoms with Gasteiger partial charge in [-0.1, -0.05) is 31.2 Å². The van der Waals surface area contributed by atoms with E-state index in [0.717, 1.165) is 17.7 Å². The van der Waals surface area contributed by atoms with Gasteiger partial charge in [-0.25, -0.2) is 12.7 Å². The van der Waals surface area contributed by atoms with E-state index in [1.165, 1.54) is 4.31 Å². The topological polar surface area (TPSA) is 49.4 Å². The summed E-state index contributed by atoms with van der Waals surface area (Å²) in [5.74, 6) is 0.0644. The molecule has 0 bridgehead atoms. The van der Waals surface area contributed by atoms with Crippen LogP contribution in [0, 0.1) is 0 Å². The van der Waals surface area contributed by atoms with Gasteiger partial charge in [-0.2, -0.15) is 0 Å². The highest BCUT2D eigenvalue weighted by Gasteiger charge is 2.16. The third-order valence-electron chi connectivity index (χ3n) is 2.64. The van der Waals surface area contributed by atoms with Crippen molar-refractivity contribution in [2.45, 2.75) is 19.2 Å². The first-order valence-corrected chi connectivity index (χ1v) is 7.27. The first-order chi connectivity index (χ1) is 7.99. The molecule has 1 aromatic carbocycles. The highest BCUT2D eigenvalue weighted by Crippen LogP contribution is 2.11. The monoisotopic (exact) mass is 256 g/mol. The zero-order valence-electron chi connectivity index (χ0n) is 10.6. The van der Waals surface area contributed by atoms with Crippen LogP contribution in [0.5, 0.6) is 0 Å². The summed E-state index contributed by atoms with van der Waals surface area (Å²) in [5, 5.41) is 3.05. The third-order valence-corrected chi connectivity index (χ3v) is 4.55. The molecule has 0 radical (unpaired) electrons. The summed E-state index contributed by atoms with van der Waals surface area (Å²) in [6.45, 7) is 3.07. The van der Waals surface area contributed by atoms with E-state index in [1.54, 1.807) is 7.05 Å². The smallest absolute Gasteiger partial charge is 0.218 e. The van der Waals surface area contributed by atoms with Crippen LogP contribution in [0.25, 0.3) is 0 Å². The lowest BCUT2D eigenvalue weighted by molar-refractivity contribution is 0.485. The number of nitrogens with zero attached hydrogens (tertiary/aromatic N) is 1. The average molecular weight is 256 g/mol. The van der Waals surface area contributed by atoms with Crippen molar-refractivity contribution in [3.8, 4) is 0 Å². The van der Waals surface area contributed by atoms with Gasteiger partial charge in [-0.15, -0.1) is 0 Å². The number of hydrogen-bond donors (Lipinski definition) is 1. The summed E-state index contributed by atoms with van der Waals surface area (Å²) in [7, 11) is 0.291. The molecule has 0 spiro atoms.